The van der Waals surface area contributed by atoms with E-state index < -0.39 is 9.84 Å². The highest BCUT2D eigenvalue weighted by atomic mass is 32.2. The van der Waals surface area contributed by atoms with Crippen molar-refractivity contribution in [2.75, 3.05) is 11.1 Å². The maximum absolute atomic E-state index is 12.8. The van der Waals surface area contributed by atoms with E-state index in [1.54, 1.807) is 6.92 Å². The summed E-state index contributed by atoms with van der Waals surface area (Å²) in [6.07, 6.45) is 1.84. The molecule has 4 aromatic rings. The minimum absolute atomic E-state index is 0.0208. The zero-order valence-electron chi connectivity index (χ0n) is 19.1. The number of benzene rings is 3. The summed E-state index contributed by atoms with van der Waals surface area (Å²) < 4.78 is 24.0. The predicted molar refractivity (Wildman–Crippen MR) is 139 cm³/mol. The topological polar surface area (TPSA) is 76.1 Å². The van der Waals surface area contributed by atoms with Gasteiger partial charge in [0.25, 0.3) is 5.91 Å². The highest BCUT2D eigenvalue weighted by molar-refractivity contribution is 7.91. The standard InChI is InChI=1S/C27H26N2O3S2/c1-3-8-24-25(21-13-11-20(12-14-21)19-9-6-5-7-10-19)28-27(33-24)29-26(30)22-15-17-23(18-16-22)34(31,32)4-2/h5-7,9-18H,3-4,8H2,1-2H3,(H,28,29,30). The summed E-state index contributed by atoms with van der Waals surface area (Å²) in [5, 5.41) is 3.40. The van der Waals surface area contributed by atoms with Gasteiger partial charge in [-0.1, -0.05) is 74.9 Å². The van der Waals surface area contributed by atoms with Crippen LogP contribution >= 0.6 is 11.3 Å². The van der Waals surface area contributed by atoms with Gasteiger partial charge < -0.3 is 0 Å². The molecule has 1 amide bonds. The van der Waals surface area contributed by atoms with Gasteiger partial charge in [0, 0.05) is 16.0 Å². The smallest absolute Gasteiger partial charge is 0.257 e. The number of thiazole rings is 1. The molecule has 0 aliphatic carbocycles. The quantitative estimate of drug-likeness (QED) is 0.307. The van der Waals surface area contributed by atoms with Crippen molar-refractivity contribution >= 4 is 32.2 Å². The molecule has 0 aliphatic rings. The molecule has 0 fully saturated rings. The molecule has 0 saturated carbocycles. The average Bonchev–Trinajstić information content (AvgIpc) is 3.27. The Kier molecular flexibility index (Phi) is 7.24. The molecule has 1 aromatic heterocycles. The van der Waals surface area contributed by atoms with Gasteiger partial charge in [-0.3, -0.25) is 10.1 Å². The van der Waals surface area contributed by atoms with Crippen molar-refractivity contribution in [3.63, 3.8) is 0 Å². The van der Waals surface area contributed by atoms with Crippen molar-refractivity contribution in [3.8, 4) is 22.4 Å². The zero-order chi connectivity index (χ0) is 24.1. The van der Waals surface area contributed by atoms with Crippen LogP contribution in [0.5, 0.6) is 0 Å². The fraction of sp³-hybridized carbons (Fsp3) is 0.185. The van der Waals surface area contributed by atoms with Crippen LogP contribution in [0, 0.1) is 0 Å². The SMILES string of the molecule is CCCc1sc(NC(=O)c2ccc(S(=O)(=O)CC)cc2)nc1-c1ccc(-c2ccccc2)cc1. The molecule has 1 heterocycles. The number of anilines is 1. The molecule has 174 valence electrons. The molecule has 7 heteroatoms. The van der Waals surface area contributed by atoms with Crippen LogP contribution in [0.4, 0.5) is 5.13 Å². The molecule has 0 aliphatic heterocycles. The lowest BCUT2D eigenvalue weighted by Gasteiger charge is -2.05. The van der Waals surface area contributed by atoms with Gasteiger partial charge in [-0.05, 0) is 41.8 Å². The molecular weight excluding hydrogens is 464 g/mol. The van der Waals surface area contributed by atoms with Crippen LogP contribution in [0.3, 0.4) is 0 Å². The van der Waals surface area contributed by atoms with Crippen molar-refractivity contribution in [1.29, 1.82) is 0 Å². The normalized spacial score (nSPS) is 11.4. The molecule has 0 bridgehead atoms. The van der Waals surface area contributed by atoms with Gasteiger partial charge in [-0.2, -0.15) is 0 Å². The number of nitrogens with one attached hydrogen (secondary N) is 1. The minimum Gasteiger partial charge on any atom is -0.298 e. The van der Waals surface area contributed by atoms with Gasteiger partial charge in [0.2, 0.25) is 0 Å². The predicted octanol–water partition coefficient (Wildman–Crippen LogP) is 6.48. The molecule has 0 unspecified atom stereocenters. The molecule has 0 saturated heterocycles. The Morgan fingerprint density at radius 1 is 0.853 bits per heavy atom. The van der Waals surface area contributed by atoms with E-state index in [0.717, 1.165) is 40.1 Å². The Morgan fingerprint density at radius 2 is 1.47 bits per heavy atom. The Bertz CT molecular complexity index is 1380. The minimum atomic E-state index is -3.30. The van der Waals surface area contributed by atoms with Crippen molar-refractivity contribution in [1.82, 2.24) is 4.98 Å². The van der Waals surface area contributed by atoms with Gasteiger partial charge in [-0.25, -0.2) is 13.4 Å². The number of carbonyl (C=O) groups excluding carboxylic acids is 1. The van der Waals surface area contributed by atoms with E-state index in [1.165, 1.54) is 35.6 Å². The lowest BCUT2D eigenvalue weighted by molar-refractivity contribution is 0.102. The van der Waals surface area contributed by atoms with Gasteiger partial charge in [0.1, 0.15) is 0 Å². The van der Waals surface area contributed by atoms with E-state index in [9.17, 15) is 13.2 Å². The van der Waals surface area contributed by atoms with E-state index in [2.05, 4.69) is 48.6 Å². The van der Waals surface area contributed by atoms with Crippen molar-refractivity contribution < 1.29 is 13.2 Å². The number of aromatic nitrogens is 1. The first-order valence-corrected chi connectivity index (χ1v) is 13.7. The second kappa shape index (κ2) is 10.3. The third-order valence-corrected chi connectivity index (χ3v) is 8.30. The number of rotatable bonds is 8. The maximum atomic E-state index is 12.8. The lowest BCUT2D eigenvalue weighted by atomic mass is 10.0. The molecule has 4 rings (SSSR count). The Hall–Kier alpha value is -3.29. The number of nitrogens with zero attached hydrogens (tertiary/aromatic N) is 1. The van der Waals surface area contributed by atoms with Crippen LogP contribution in [0.15, 0.2) is 83.8 Å². The molecule has 3 aromatic carbocycles. The number of hydrogen-bond donors (Lipinski definition) is 1. The third kappa shape index (κ3) is 5.26. The van der Waals surface area contributed by atoms with Crippen LogP contribution in [0.2, 0.25) is 0 Å². The Balaban J connectivity index is 1.56. The van der Waals surface area contributed by atoms with Gasteiger partial charge >= 0.3 is 0 Å². The van der Waals surface area contributed by atoms with E-state index in [1.807, 2.05) is 18.2 Å². The monoisotopic (exact) mass is 490 g/mol. The van der Waals surface area contributed by atoms with Crippen molar-refractivity contribution in [2.24, 2.45) is 0 Å². The fourth-order valence-corrected chi connectivity index (χ4v) is 5.59. The lowest BCUT2D eigenvalue weighted by Crippen LogP contribution is -2.12. The number of aryl methyl sites for hydroxylation is 1. The summed E-state index contributed by atoms with van der Waals surface area (Å²) in [6.45, 7) is 3.71. The summed E-state index contributed by atoms with van der Waals surface area (Å²) in [5.41, 5.74) is 4.57. The van der Waals surface area contributed by atoms with Crippen molar-refractivity contribution in [3.05, 3.63) is 89.3 Å². The molecule has 0 radical (unpaired) electrons. The van der Waals surface area contributed by atoms with Crippen LogP contribution in [-0.4, -0.2) is 25.1 Å². The van der Waals surface area contributed by atoms with Crippen LogP contribution < -0.4 is 5.32 Å². The van der Waals surface area contributed by atoms with Crippen molar-refractivity contribution in [2.45, 2.75) is 31.6 Å². The Labute approximate surface area is 204 Å². The number of amides is 1. The summed E-state index contributed by atoms with van der Waals surface area (Å²) >= 11 is 1.47. The first kappa shape index (κ1) is 23.9. The Morgan fingerprint density at radius 3 is 2.09 bits per heavy atom. The second-order valence-electron chi connectivity index (χ2n) is 7.87. The van der Waals surface area contributed by atoms with E-state index >= 15 is 0 Å². The van der Waals surface area contributed by atoms with E-state index in [0.29, 0.717) is 10.7 Å². The van der Waals surface area contributed by atoms with Gasteiger partial charge in [-0.15, -0.1) is 11.3 Å². The average molecular weight is 491 g/mol. The van der Waals surface area contributed by atoms with E-state index in [4.69, 9.17) is 4.98 Å². The first-order chi connectivity index (χ1) is 16.4. The molecule has 0 spiro atoms. The largest absolute Gasteiger partial charge is 0.298 e. The first-order valence-electron chi connectivity index (χ1n) is 11.2. The van der Waals surface area contributed by atoms with Gasteiger partial charge in [0.15, 0.2) is 15.0 Å². The summed E-state index contributed by atoms with van der Waals surface area (Å²) in [7, 11) is -3.30. The maximum Gasteiger partial charge on any atom is 0.257 e. The summed E-state index contributed by atoms with van der Waals surface area (Å²) in [6, 6.07) is 24.5. The number of sulfone groups is 1. The third-order valence-electron chi connectivity index (χ3n) is 5.52. The molecule has 1 N–H and O–H groups in total. The summed E-state index contributed by atoms with van der Waals surface area (Å²) in [5.74, 6) is -0.296. The fourth-order valence-electron chi connectivity index (χ4n) is 3.63. The van der Waals surface area contributed by atoms with Crippen LogP contribution in [-0.2, 0) is 16.3 Å². The molecule has 5 nitrogen and oxygen atoms in total. The second-order valence-corrected chi connectivity index (χ2v) is 11.2. The molecule has 0 atom stereocenters. The highest BCUT2D eigenvalue weighted by Crippen LogP contribution is 2.33. The molecule has 34 heavy (non-hydrogen) atoms. The van der Waals surface area contributed by atoms with Crippen LogP contribution in [0.25, 0.3) is 22.4 Å². The van der Waals surface area contributed by atoms with E-state index in [-0.39, 0.29) is 16.6 Å². The number of carbonyl (C=O) groups is 1. The highest BCUT2D eigenvalue weighted by Gasteiger charge is 2.17. The van der Waals surface area contributed by atoms with Gasteiger partial charge in [0.05, 0.1) is 16.3 Å². The zero-order valence-corrected chi connectivity index (χ0v) is 20.7. The number of hydrogen-bond acceptors (Lipinski definition) is 5. The summed E-state index contributed by atoms with van der Waals surface area (Å²) in [4.78, 5) is 18.8. The van der Waals surface area contributed by atoms with Crippen LogP contribution in [0.1, 0.15) is 35.5 Å². The molecular formula is C27H26N2O3S2.